The molecule has 0 aromatic carbocycles. The zero-order valence-electron chi connectivity index (χ0n) is 5.92. The van der Waals surface area contributed by atoms with Gasteiger partial charge in [-0.2, -0.15) is 0 Å². The predicted octanol–water partition coefficient (Wildman–Crippen LogP) is -0.852. The number of rotatable bonds is 1. The van der Waals surface area contributed by atoms with Gasteiger partial charge in [-0.05, 0) is 0 Å². The number of hydrogen-bond acceptors (Lipinski definition) is 3. The summed E-state index contributed by atoms with van der Waals surface area (Å²) >= 11 is 0. The molecule has 1 amide bonds. The summed E-state index contributed by atoms with van der Waals surface area (Å²) in [5.74, 6) is -0.111. The van der Waals surface area contributed by atoms with E-state index in [0.717, 1.165) is 0 Å². The fourth-order valence-corrected chi connectivity index (χ4v) is 0.800. The van der Waals surface area contributed by atoms with Crippen LogP contribution < -0.4 is 5.32 Å². The number of hydrogen-bond donors (Lipinski definition) is 1. The maximum absolute atomic E-state index is 10.9. The molecule has 1 rings (SSSR count). The highest BCUT2D eigenvalue weighted by molar-refractivity contribution is 5.80. The minimum absolute atomic E-state index is 0.111. The normalized spacial score (nSPS) is 25.9. The quantitative estimate of drug-likeness (QED) is 0.522. The number of ether oxygens (including phenoxy) is 2. The average Bonchev–Trinajstić information content (AvgIpc) is 2.05. The Kier molecular flexibility index (Phi) is 2.65. The van der Waals surface area contributed by atoms with Crippen LogP contribution >= 0.6 is 0 Å². The zero-order chi connectivity index (χ0) is 7.40. The first kappa shape index (κ1) is 7.50. The Hall–Kier alpha value is -0.610. The van der Waals surface area contributed by atoms with Crippen molar-refractivity contribution in [2.75, 3.05) is 26.9 Å². The third-order valence-electron chi connectivity index (χ3n) is 1.35. The lowest BCUT2D eigenvalue weighted by molar-refractivity contribution is -0.146. The van der Waals surface area contributed by atoms with E-state index >= 15 is 0 Å². The summed E-state index contributed by atoms with van der Waals surface area (Å²) in [4.78, 5) is 10.9. The van der Waals surface area contributed by atoms with Gasteiger partial charge in [-0.25, -0.2) is 0 Å². The van der Waals surface area contributed by atoms with E-state index in [4.69, 9.17) is 9.47 Å². The number of nitrogens with one attached hydrogen (secondary N) is 1. The molecule has 0 bridgehead atoms. The highest BCUT2D eigenvalue weighted by Gasteiger charge is 2.20. The predicted molar refractivity (Wildman–Crippen MR) is 34.6 cm³/mol. The van der Waals surface area contributed by atoms with E-state index in [2.05, 4.69) is 5.32 Å². The number of amides is 1. The van der Waals surface area contributed by atoms with Gasteiger partial charge in [-0.1, -0.05) is 0 Å². The molecular formula is C6H11NO3. The summed E-state index contributed by atoms with van der Waals surface area (Å²) < 4.78 is 10.1. The molecule has 0 aromatic heterocycles. The molecule has 0 unspecified atom stereocenters. The maximum atomic E-state index is 10.9. The van der Waals surface area contributed by atoms with Crippen molar-refractivity contribution in [1.29, 1.82) is 0 Å². The Balaban J connectivity index is 2.31. The van der Waals surface area contributed by atoms with Crippen molar-refractivity contribution in [3.8, 4) is 0 Å². The van der Waals surface area contributed by atoms with Crippen molar-refractivity contribution in [2.45, 2.75) is 6.10 Å². The van der Waals surface area contributed by atoms with Gasteiger partial charge in [0.2, 0.25) is 0 Å². The molecule has 1 fully saturated rings. The average molecular weight is 145 g/mol. The Morgan fingerprint density at radius 3 is 2.90 bits per heavy atom. The molecule has 1 atom stereocenters. The Morgan fingerprint density at radius 2 is 2.40 bits per heavy atom. The molecule has 58 valence electrons. The molecule has 4 nitrogen and oxygen atoms in total. The van der Waals surface area contributed by atoms with Gasteiger partial charge in [0, 0.05) is 7.05 Å². The molecular weight excluding hydrogens is 134 g/mol. The first-order valence-electron chi connectivity index (χ1n) is 3.25. The molecule has 1 saturated heterocycles. The fourth-order valence-electron chi connectivity index (χ4n) is 0.800. The van der Waals surface area contributed by atoms with Gasteiger partial charge in [-0.15, -0.1) is 0 Å². The molecule has 0 aromatic rings. The van der Waals surface area contributed by atoms with Gasteiger partial charge in [0.1, 0.15) is 0 Å². The second-order valence-corrected chi connectivity index (χ2v) is 2.05. The molecule has 1 aliphatic rings. The monoisotopic (exact) mass is 145 g/mol. The third kappa shape index (κ3) is 1.68. The summed E-state index contributed by atoms with van der Waals surface area (Å²) in [5.41, 5.74) is 0. The number of carbonyl (C=O) groups excluding carboxylic acids is 1. The summed E-state index contributed by atoms with van der Waals surface area (Å²) in [7, 11) is 1.58. The summed E-state index contributed by atoms with van der Waals surface area (Å²) in [6.45, 7) is 1.48. The Morgan fingerprint density at radius 1 is 1.60 bits per heavy atom. The summed E-state index contributed by atoms with van der Waals surface area (Å²) in [6.07, 6.45) is -0.404. The molecule has 0 radical (unpaired) electrons. The molecule has 0 saturated carbocycles. The standard InChI is InChI=1S/C6H11NO3/c1-7-6(8)5-4-9-2-3-10-5/h5H,2-4H2,1H3,(H,7,8)/t5-/m0/s1. The van der Waals surface area contributed by atoms with Gasteiger partial charge < -0.3 is 14.8 Å². The van der Waals surface area contributed by atoms with Crippen molar-refractivity contribution in [2.24, 2.45) is 0 Å². The van der Waals surface area contributed by atoms with Crippen molar-refractivity contribution in [3.63, 3.8) is 0 Å². The van der Waals surface area contributed by atoms with Gasteiger partial charge in [0.15, 0.2) is 6.10 Å². The van der Waals surface area contributed by atoms with Crippen LogP contribution in [0, 0.1) is 0 Å². The smallest absolute Gasteiger partial charge is 0.251 e. The largest absolute Gasteiger partial charge is 0.376 e. The molecule has 1 aliphatic heterocycles. The lowest BCUT2D eigenvalue weighted by Gasteiger charge is -2.20. The third-order valence-corrected chi connectivity index (χ3v) is 1.35. The SMILES string of the molecule is CNC(=O)[C@@H]1COCCO1. The van der Waals surface area contributed by atoms with E-state index in [9.17, 15) is 4.79 Å². The fraction of sp³-hybridized carbons (Fsp3) is 0.833. The lowest BCUT2D eigenvalue weighted by atomic mass is 10.3. The van der Waals surface area contributed by atoms with E-state index in [1.165, 1.54) is 0 Å². The lowest BCUT2D eigenvalue weighted by Crippen LogP contribution is -2.41. The first-order chi connectivity index (χ1) is 4.84. The van der Waals surface area contributed by atoms with E-state index < -0.39 is 6.10 Å². The zero-order valence-corrected chi connectivity index (χ0v) is 5.92. The van der Waals surface area contributed by atoms with Crippen LogP contribution in [0.4, 0.5) is 0 Å². The van der Waals surface area contributed by atoms with Crippen LogP contribution in [-0.2, 0) is 14.3 Å². The second-order valence-electron chi connectivity index (χ2n) is 2.05. The van der Waals surface area contributed by atoms with Crippen molar-refractivity contribution in [1.82, 2.24) is 5.32 Å². The van der Waals surface area contributed by atoms with E-state index in [-0.39, 0.29) is 5.91 Å². The molecule has 0 spiro atoms. The van der Waals surface area contributed by atoms with Gasteiger partial charge >= 0.3 is 0 Å². The van der Waals surface area contributed by atoms with E-state index in [0.29, 0.717) is 19.8 Å². The number of carbonyl (C=O) groups is 1. The van der Waals surface area contributed by atoms with Crippen molar-refractivity contribution < 1.29 is 14.3 Å². The van der Waals surface area contributed by atoms with E-state index in [1.54, 1.807) is 7.05 Å². The highest BCUT2D eigenvalue weighted by Crippen LogP contribution is 1.99. The highest BCUT2D eigenvalue weighted by atomic mass is 16.6. The molecule has 1 heterocycles. The number of likely N-dealkylation sites (N-methyl/N-ethyl adjacent to an activating group) is 1. The first-order valence-corrected chi connectivity index (χ1v) is 3.25. The molecule has 0 aliphatic carbocycles. The van der Waals surface area contributed by atoms with Crippen LogP contribution in [0.25, 0.3) is 0 Å². The molecule has 10 heavy (non-hydrogen) atoms. The maximum Gasteiger partial charge on any atom is 0.251 e. The van der Waals surface area contributed by atoms with Crippen LogP contribution in [0.15, 0.2) is 0 Å². The summed E-state index contributed by atoms with van der Waals surface area (Å²) in [5, 5.41) is 2.49. The van der Waals surface area contributed by atoms with Crippen LogP contribution in [-0.4, -0.2) is 38.9 Å². The van der Waals surface area contributed by atoms with Crippen LogP contribution in [0.5, 0.6) is 0 Å². The topological polar surface area (TPSA) is 47.6 Å². The van der Waals surface area contributed by atoms with E-state index in [1.807, 2.05) is 0 Å². The minimum atomic E-state index is -0.404. The Bertz CT molecular complexity index is 120. The van der Waals surface area contributed by atoms with Crippen molar-refractivity contribution in [3.05, 3.63) is 0 Å². The Labute approximate surface area is 59.5 Å². The minimum Gasteiger partial charge on any atom is -0.376 e. The molecule has 1 N–H and O–H groups in total. The van der Waals surface area contributed by atoms with Gasteiger partial charge in [-0.3, -0.25) is 4.79 Å². The molecule has 4 heteroatoms. The van der Waals surface area contributed by atoms with Crippen LogP contribution in [0.1, 0.15) is 0 Å². The van der Waals surface area contributed by atoms with Crippen LogP contribution in [0.2, 0.25) is 0 Å². The van der Waals surface area contributed by atoms with Gasteiger partial charge in [0.25, 0.3) is 5.91 Å². The van der Waals surface area contributed by atoms with Gasteiger partial charge in [0.05, 0.1) is 19.8 Å². The van der Waals surface area contributed by atoms with Crippen molar-refractivity contribution >= 4 is 5.91 Å². The summed E-state index contributed by atoms with van der Waals surface area (Å²) in [6, 6.07) is 0. The second kappa shape index (κ2) is 3.53. The van der Waals surface area contributed by atoms with Crippen LogP contribution in [0.3, 0.4) is 0 Å².